The lowest BCUT2D eigenvalue weighted by Gasteiger charge is -2.26. The number of aromatic nitrogens is 3. The Bertz CT molecular complexity index is 1240. The van der Waals surface area contributed by atoms with Crippen LogP contribution in [0.5, 0.6) is 0 Å². The first-order valence-corrected chi connectivity index (χ1v) is 12.1. The minimum atomic E-state index is -0.131. The lowest BCUT2D eigenvalue weighted by atomic mass is 10.2. The molecule has 2 aromatic heterocycles. The number of amides is 1. The van der Waals surface area contributed by atoms with Crippen LogP contribution >= 0.6 is 0 Å². The lowest BCUT2D eigenvalue weighted by Crippen LogP contribution is -2.33. The SMILES string of the molecule is CCN(CC)CCN(C)c1ccc(Nc2cc(NC3CC3)n3ncc(C#N)c3n2)cc1NC(C)=O. The van der Waals surface area contributed by atoms with Gasteiger partial charge in [-0.25, -0.2) is 4.98 Å². The van der Waals surface area contributed by atoms with E-state index in [0.717, 1.165) is 61.9 Å². The molecule has 3 aromatic rings. The Morgan fingerprint density at radius 2 is 2.00 bits per heavy atom. The van der Waals surface area contributed by atoms with Gasteiger partial charge in [-0.3, -0.25) is 4.79 Å². The summed E-state index contributed by atoms with van der Waals surface area (Å²) in [5.74, 6) is 1.25. The van der Waals surface area contributed by atoms with E-state index < -0.39 is 0 Å². The predicted octanol–water partition coefficient (Wildman–Crippen LogP) is 3.66. The van der Waals surface area contributed by atoms with Gasteiger partial charge in [0.05, 0.1) is 17.6 Å². The van der Waals surface area contributed by atoms with Gasteiger partial charge < -0.3 is 25.8 Å². The summed E-state index contributed by atoms with van der Waals surface area (Å²) in [4.78, 5) is 21.1. The minimum Gasteiger partial charge on any atom is -0.372 e. The second-order valence-corrected chi connectivity index (χ2v) is 8.84. The van der Waals surface area contributed by atoms with Crippen molar-refractivity contribution in [2.75, 3.05) is 54.1 Å². The number of nitriles is 1. The summed E-state index contributed by atoms with van der Waals surface area (Å²) in [6, 6.07) is 10.3. The van der Waals surface area contributed by atoms with Crippen molar-refractivity contribution in [2.45, 2.75) is 39.7 Å². The summed E-state index contributed by atoms with van der Waals surface area (Å²) in [6.07, 6.45) is 3.76. The number of rotatable bonds is 11. The first-order valence-electron chi connectivity index (χ1n) is 12.1. The maximum Gasteiger partial charge on any atom is 0.221 e. The van der Waals surface area contributed by atoms with Crippen molar-refractivity contribution in [3.05, 3.63) is 36.0 Å². The zero-order chi connectivity index (χ0) is 24.9. The molecule has 10 nitrogen and oxygen atoms in total. The van der Waals surface area contributed by atoms with Crippen LogP contribution in [0.1, 0.15) is 39.2 Å². The molecule has 1 amide bonds. The molecule has 2 heterocycles. The van der Waals surface area contributed by atoms with E-state index in [0.29, 0.717) is 23.1 Å². The first-order chi connectivity index (χ1) is 16.9. The van der Waals surface area contributed by atoms with Crippen molar-refractivity contribution in [2.24, 2.45) is 0 Å². The molecule has 0 radical (unpaired) electrons. The summed E-state index contributed by atoms with van der Waals surface area (Å²) in [6.45, 7) is 9.62. The topological polar surface area (TPSA) is 114 Å². The van der Waals surface area contributed by atoms with Gasteiger partial charge in [0.2, 0.25) is 5.91 Å². The second-order valence-electron chi connectivity index (χ2n) is 8.84. The third kappa shape index (κ3) is 5.81. The Hall–Kier alpha value is -3.84. The summed E-state index contributed by atoms with van der Waals surface area (Å²) < 4.78 is 1.67. The highest BCUT2D eigenvalue weighted by Gasteiger charge is 2.23. The number of hydrogen-bond donors (Lipinski definition) is 3. The maximum atomic E-state index is 11.9. The van der Waals surface area contributed by atoms with Gasteiger partial charge in [-0.2, -0.15) is 14.9 Å². The van der Waals surface area contributed by atoms with Crippen molar-refractivity contribution < 1.29 is 4.79 Å². The summed E-state index contributed by atoms with van der Waals surface area (Å²) >= 11 is 0. The number of carbonyl (C=O) groups is 1. The average Bonchev–Trinajstić information content (AvgIpc) is 3.55. The first kappa shape index (κ1) is 24.3. The molecule has 0 unspecified atom stereocenters. The Morgan fingerprint density at radius 3 is 2.66 bits per heavy atom. The van der Waals surface area contributed by atoms with E-state index in [2.05, 4.69) is 55.7 Å². The number of fused-ring (bicyclic) bond motifs is 1. The molecule has 0 aliphatic heterocycles. The van der Waals surface area contributed by atoms with Crippen LogP contribution in [-0.2, 0) is 4.79 Å². The number of hydrogen-bond acceptors (Lipinski definition) is 8. The normalized spacial score (nSPS) is 13.0. The van der Waals surface area contributed by atoms with Crippen molar-refractivity contribution >= 4 is 40.3 Å². The molecule has 10 heteroatoms. The van der Waals surface area contributed by atoms with E-state index in [9.17, 15) is 10.1 Å². The van der Waals surface area contributed by atoms with Crippen LogP contribution in [0, 0.1) is 11.3 Å². The molecule has 35 heavy (non-hydrogen) atoms. The molecule has 1 aliphatic rings. The van der Waals surface area contributed by atoms with Gasteiger partial charge in [0.1, 0.15) is 23.3 Å². The van der Waals surface area contributed by atoms with Crippen LogP contribution in [0.2, 0.25) is 0 Å². The van der Waals surface area contributed by atoms with E-state index in [1.165, 1.54) is 13.1 Å². The fraction of sp³-hybridized carbons (Fsp3) is 0.440. The van der Waals surface area contributed by atoms with Gasteiger partial charge in [0.25, 0.3) is 0 Å². The van der Waals surface area contributed by atoms with Gasteiger partial charge in [0.15, 0.2) is 5.65 Å². The zero-order valence-electron chi connectivity index (χ0n) is 20.8. The van der Waals surface area contributed by atoms with E-state index in [4.69, 9.17) is 0 Å². The third-order valence-corrected chi connectivity index (χ3v) is 6.16. The number of carbonyl (C=O) groups excluding carboxylic acids is 1. The Kier molecular flexibility index (Phi) is 7.36. The number of anilines is 5. The standard InChI is InChI=1S/C25H33N9O/c1-5-33(6-2)12-11-32(4)22-10-9-20(13-21(22)28-17(3)35)29-23-14-24(30-19-7-8-19)34-25(31-23)18(15-26)16-27-34/h9-10,13-14,16,19,30H,5-8,11-12H2,1-4H3,(H,28,35)(H,29,31). The molecule has 0 bridgehead atoms. The van der Waals surface area contributed by atoms with Gasteiger partial charge in [-0.15, -0.1) is 0 Å². The van der Waals surface area contributed by atoms with E-state index >= 15 is 0 Å². The van der Waals surface area contributed by atoms with Crippen LogP contribution in [-0.4, -0.2) is 64.7 Å². The van der Waals surface area contributed by atoms with Crippen molar-refractivity contribution in [3.8, 4) is 6.07 Å². The van der Waals surface area contributed by atoms with Crippen molar-refractivity contribution in [1.82, 2.24) is 19.5 Å². The van der Waals surface area contributed by atoms with Gasteiger partial charge in [0, 0.05) is 44.9 Å². The fourth-order valence-electron chi connectivity index (χ4n) is 3.98. The molecule has 3 N–H and O–H groups in total. The van der Waals surface area contributed by atoms with E-state index in [1.807, 2.05) is 31.3 Å². The van der Waals surface area contributed by atoms with Crippen LogP contribution in [0.4, 0.5) is 28.7 Å². The fourth-order valence-corrected chi connectivity index (χ4v) is 3.98. The molecule has 184 valence electrons. The van der Waals surface area contributed by atoms with Crippen molar-refractivity contribution in [3.63, 3.8) is 0 Å². The monoisotopic (exact) mass is 475 g/mol. The minimum absolute atomic E-state index is 0.131. The summed E-state index contributed by atoms with van der Waals surface area (Å²) in [7, 11) is 2.03. The Balaban J connectivity index is 1.61. The molecule has 4 rings (SSSR count). The van der Waals surface area contributed by atoms with Crippen LogP contribution in [0.25, 0.3) is 5.65 Å². The molecule has 1 aliphatic carbocycles. The van der Waals surface area contributed by atoms with Crippen molar-refractivity contribution in [1.29, 1.82) is 5.26 Å². The van der Waals surface area contributed by atoms with Crippen LogP contribution in [0.15, 0.2) is 30.5 Å². The summed E-state index contributed by atoms with van der Waals surface area (Å²) in [5.41, 5.74) is 3.36. The predicted molar refractivity (Wildman–Crippen MR) is 139 cm³/mol. The number of nitrogens with one attached hydrogen (secondary N) is 3. The highest BCUT2D eigenvalue weighted by Crippen LogP contribution is 2.31. The highest BCUT2D eigenvalue weighted by molar-refractivity contribution is 5.94. The molecule has 0 atom stereocenters. The molecular weight excluding hydrogens is 442 g/mol. The van der Waals surface area contributed by atoms with Gasteiger partial charge in [-0.05, 0) is 44.1 Å². The molecule has 1 aromatic carbocycles. The van der Waals surface area contributed by atoms with Gasteiger partial charge in [-0.1, -0.05) is 13.8 Å². The third-order valence-electron chi connectivity index (χ3n) is 6.16. The Morgan fingerprint density at radius 1 is 1.23 bits per heavy atom. The smallest absolute Gasteiger partial charge is 0.221 e. The maximum absolute atomic E-state index is 11.9. The highest BCUT2D eigenvalue weighted by atomic mass is 16.1. The van der Waals surface area contributed by atoms with Gasteiger partial charge >= 0.3 is 0 Å². The number of nitrogens with zero attached hydrogens (tertiary/aromatic N) is 6. The quantitative estimate of drug-likeness (QED) is 0.385. The van der Waals surface area contributed by atoms with E-state index in [1.54, 1.807) is 4.52 Å². The molecule has 1 fully saturated rings. The lowest BCUT2D eigenvalue weighted by molar-refractivity contribution is -0.114. The average molecular weight is 476 g/mol. The van der Waals surface area contributed by atoms with E-state index in [-0.39, 0.29) is 5.91 Å². The second kappa shape index (κ2) is 10.6. The zero-order valence-corrected chi connectivity index (χ0v) is 20.8. The number of benzene rings is 1. The Labute approximate surface area is 205 Å². The number of likely N-dealkylation sites (N-methyl/N-ethyl adjacent to an activating group) is 2. The van der Waals surface area contributed by atoms with Crippen LogP contribution in [0.3, 0.4) is 0 Å². The molecule has 0 saturated heterocycles. The molecular formula is C25H33N9O. The molecule has 1 saturated carbocycles. The largest absolute Gasteiger partial charge is 0.372 e. The summed E-state index contributed by atoms with van der Waals surface area (Å²) in [5, 5.41) is 23.6. The molecule has 0 spiro atoms. The van der Waals surface area contributed by atoms with Crippen LogP contribution < -0.4 is 20.9 Å².